The first-order chi connectivity index (χ1) is 15.3. The van der Waals surface area contributed by atoms with Crippen molar-refractivity contribution in [3.8, 4) is 11.3 Å². The summed E-state index contributed by atoms with van der Waals surface area (Å²) in [6.45, 7) is -0.411. The van der Waals surface area contributed by atoms with E-state index in [9.17, 15) is 14.4 Å². The van der Waals surface area contributed by atoms with E-state index in [0.717, 1.165) is 16.7 Å². The summed E-state index contributed by atoms with van der Waals surface area (Å²) >= 11 is 18.8. The number of anilines is 1. The zero-order valence-corrected chi connectivity index (χ0v) is 19.2. The van der Waals surface area contributed by atoms with Gasteiger partial charge in [-0.25, -0.2) is 0 Å². The molecule has 0 unspecified atom stereocenters. The highest BCUT2D eigenvalue weighted by atomic mass is 35.5. The Morgan fingerprint density at radius 2 is 1.72 bits per heavy atom. The number of nitrogens with zero attached hydrogens (tertiary/aromatic N) is 1. The second kappa shape index (κ2) is 9.42. The van der Waals surface area contributed by atoms with Crippen LogP contribution in [0.4, 0.5) is 10.5 Å². The number of hydrogen-bond acceptors (Lipinski definition) is 5. The fourth-order valence-corrected chi connectivity index (χ4v) is 4.23. The molecule has 0 radical (unpaired) electrons. The Kier molecular flexibility index (Phi) is 6.62. The zero-order chi connectivity index (χ0) is 22.8. The van der Waals surface area contributed by atoms with Crippen molar-refractivity contribution >= 4 is 75.4 Å². The van der Waals surface area contributed by atoms with Crippen LogP contribution in [-0.2, 0) is 9.59 Å². The van der Waals surface area contributed by atoms with Gasteiger partial charge in [0.1, 0.15) is 18.1 Å². The molecule has 1 saturated heterocycles. The summed E-state index contributed by atoms with van der Waals surface area (Å²) in [7, 11) is 0. The summed E-state index contributed by atoms with van der Waals surface area (Å²) in [6.07, 6.45) is 1.45. The number of hydrogen-bond donors (Lipinski definition) is 1. The highest BCUT2D eigenvalue weighted by Crippen LogP contribution is 2.35. The van der Waals surface area contributed by atoms with Crippen molar-refractivity contribution in [2.45, 2.75) is 0 Å². The fourth-order valence-electron chi connectivity index (χ4n) is 2.90. The first kappa shape index (κ1) is 22.5. The normalized spacial score (nSPS) is 15.0. The van der Waals surface area contributed by atoms with E-state index in [4.69, 9.17) is 39.2 Å². The molecule has 10 heteroatoms. The number of carbonyl (C=O) groups is 3. The molecule has 0 aliphatic carbocycles. The number of carbonyl (C=O) groups excluding carboxylic acids is 3. The predicted octanol–water partition coefficient (Wildman–Crippen LogP) is 6.58. The number of amides is 3. The van der Waals surface area contributed by atoms with E-state index < -0.39 is 23.6 Å². The molecule has 0 atom stereocenters. The van der Waals surface area contributed by atoms with Crippen LogP contribution in [0.3, 0.4) is 0 Å². The van der Waals surface area contributed by atoms with Crippen LogP contribution in [0.5, 0.6) is 0 Å². The highest BCUT2D eigenvalue weighted by Gasteiger charge is 2.36. The topological polar surface area (TPSA) is 79.6 Å². The van der Waals surface area contributed by atoms with Gasteiger partial charge < -0.3 is 9.73 Å². The number of rotatable bonds is 5. The van der Waals surface area contributed by atoms with Crippen molar-refractivity contribution in [2.24, 2.45) is 0 Å². The molecule has 0 saturated carbocycles. The Balaban J connectivity index is 1.46. The fraction of sp³-hybridized carbons (Fsp3) is 0.0455. The van der Waals surface area contributed by atoms with Crippen molar-refractivity contribution in [1.29, 1.82) is 0 Å². The van der Waals surface area contributed by atoms with Gasteiger partial charge in [-0.1, -0.05) is 34.8 Å². The summed E-state index contributed by atoms with van der Waals surface area (Å²) in [4.78, 5) is 38.2. The molecule has 4 rings (SSSR count). The maximum Gasteiger partial charge on any atom is 0.294 e. The third-order valence-corrected chi connectivity index (χ3v) is 6.12. The van der Waals surface area contributed by atoms with Crippen LogP contribution in [-0.4, -0.2) is 28.5 Å². The average Bonchev–Trinajstić information content (AvgIpc) is 3.32. The van der Waals surface area contributed by atoms with E-state index in [1.165, 1.54) is 6.08 Å². The lowest BCUT2D eigenvalue weighted by molar-refractivity contribution is -0.127. The molecule has 162 valence electrons. The second-order valence-corrected chi connectivity index (χ2v) is 8.92. The Labute approximate surface area is 202 Å². The summed E-state index contributed by atoms with van der Waals surface area (Å²) in [5.74, 6) is -0.269. The molecule has 1 aliphatic heterocycles. The van der Waals surface area contributed by atoms with Gasteiger partial charge in [-0.3, -0.25) is 19.3 Å². The van der Waals surface area contributed by atoms with Crippen LogP contribution < -0.4 is 5.32 Å². The van der Waals surface area contributed by atoms with Gasteiger partial charge in [-0.05, 0) is 66.4 Å². The molecule has 3 aromatic rings. The monoisotopic (exact) mass is 506 g/mol. The molecule has 1 fully saturated rings. The van der Waals surface area contributed by atoms with Crippen LogP contribution in [0.25, 0.3) is 17.4 Å². The number of furan rings is 1. The van der Waals surface area contributed by atoms with E-state index in [1.807, 2.05) is 0 Å². The van der Waals surface area contributed by atoms with Gasteiger partial charge in [0.2, 0.25) is 5.91 Å². The van der Waals surface area contributed by atoms with Crippen molar-refractivity contribution < 1.29 is 18.8 Å². The minimum atomic E-state index is -0.579. The molecular formula is C22H13Cl3N2O4S. The first-order valence-corrected chi connectivity index (χ1v) is 11.1. The Bertz CT molecular complexity index is 1250. The number of imide groups is 1. The van der Waals surface area contributed by atoms with Gasteiger partial charge in [0.25, 0.3) is 11.1 Å². The number of halogens is 3. The van der Waals surface area contributed by atoms with Gasteiger partial charge in [-0.15, -0.1) is 0 Å². The average molecular weight is 508 g/mol. The van der Waals surface area contributed by atoms with E-state index in [-0.39, 0.29) is 4.91 Å². The van der Waals surface area contributed by atoms with E-state index >= 15 is 0 Å². The summed E-state index contributed by atoms with van der Waals surface area (Å²) < 4.78 is 5.75. The molecule has 1 aliphatic rings. The van der Waals surface area contributed by atoms with Crippen LogP contribution >= 0.6 is 46.6 Å². The van der Waals surface area contributed by atoms with E-state index in [0.29, 0.717) is 37.8 Å². The third kappa shape index (κ3) is 5.02. The number of nitrogens with one attached hydrogen (secondary N) is 1. The molecule has 0 spiro atoms. The van der Waals surface area contributed by atoms with Crippen LogP contribution in [0.2, 0.25) is 15.1 Å². The molecule has 2 aromatic carbocycles. The molecule has 1 aromatic heterocycles. The molecule has 6 nitrogen and oxygen atoms in total. The van der Waals surface area contributed by atoms with Gasteiger partial charge in [0.05, 0.1) is 9.93 Å². The standard InChI is InChI=1S/C22H13Cl3N2O4S/c23-12-1-4-14(5-2-12)26-20(28)11-27-21(29)19(32-22(27)30)10-15-6-8-18(31-15)16-9-13(24)3-7-17(16)25/h1-10H,11H2,(H,26,28)/b19-10+. The number of benzene rings is 2. The molecule has 0 bridgehead atoms. The van der Waals surface area contributed by atoms with E-state index in [2.05, 4.69) is 5.32 Å². The molecular weight excluding hydrogens is 495 g/mol. The second-order valence-electron chi connectivity index (χ2n) is 6.65. The predicted molar refractivity (Wildman–Crippen MR) is 127 cm³/mol. The minimum absolute atomic E-state index is 0.146. The zero-order valence-electron chi connectivity index (χ0n) is 16.1. The van der Waals surface area contributed by atoms with E-state index in [1.54, 1.807) is 54.6 Å². The smallest absolute Gasteiger partial charge is 0.294 e. The molecule has 2 heterocycles. The van der Waals surface area contributed by atoms with Gasteiger partial charge in [0.15, 0.2) is 0 Å². The van der Waals surface area contributed by atoms with Crippen LogP contribution in [0, 0.1) is 0 Å². The molecule has 3 amide bonds. The number of thioether (sulfide) groups is 1. The maximum absolute atomic E-state index is 12.7. The van der Waals surface area contributed by atoms with Crippen molar-refractivity contribution in [3.63, 3.8) is 0 Å². The summed E-state index contributed by atoms with van der Waals surface area (Å²) in [5.41, 5.74) is 1.11. The molecule has 1 N–H and O–H groups in total. The van der Waals surface area contributed by atoms with Crippen molar-refractivity contribution in [1.82, 2.24) is 4.90 Å². The Morgan fingerprint density at radius 3 is 2.47 bits per heavy atom. The van der Waals surface area contributed by atoms with Crippen molar-refractivity contribution in [2.75, 3.05) is 11.9 Å². The van der Waals surface area contributed by atoms with Gasteiger partial charge >= 0.3 is 0 Å². The quantitative estimate of drug-likeness (QED) is 0.395. The lowest BCUT2D eigenvalue weighted by atomic mass is 10.2. The first-order valence-electron chi connectivity index (χ1n) is 9.16. The minimum Gasteiger partial charge on any atom is -0.457 e. The van der Waals surface area contributed by atoms with Crippen LogP contribution in [0.15, 0.2) is 63.9 Å². The lowest BCUT2D eigenvalue weighted by Crippen LogP contribution is -2.36. The maximum atomic E-state index is 12.7. The third-order valence-electron chi connectivity index (χ3n) is 4.40. The summed E-state index contributed by atoms with van der Waals surface area (Å²) in [6, 6.07) is 14.8. The van der Waals surface area contributed by atoms with Gasteiger partial charge in [-0.2, -0.15) is 0 Å². The Hall–Kier alpha value is -2.71. The SMILES string of the molecule is O=C(CN1C(=O)S/C(=C/c2ccc(-c3cc(Cl)ccc3Cl)o2)C1=O)Nc1ccc(Cl)cc1. The van der Waals surface area contributed by atoms with Crippen molar-refractivity contribution in [3.05, 3.63) is 80.3 Å². The lowest BCUT2D eigenvalue weighted by Gasteiger charge is -2.12. The summed E-state index contributed by atoms with van der Waals surface area (Å²) in [5, 5.41) is 3.56. The highest BCUT2D eigenvalue weighted by molar-refractivity contribution is 8.18. The molecule has 32 heavy (non-hydrogen) atoms. The van der Waals surface area contributed by atoms with Gasteiger partial charge in [0, 0.05) is 27.4 Å². The largest absolute Gasteiger partial charge is 0.457 e. The Morgan fingerprint density at radius 1 is 1.00 bits per heavy atom. The van der Waals surface area contributed by atoms with Crippen LogP contribution in [0.1, 0.15) is 5.76 Å².